The number of carbonyl (C=O) groups excluding carboxylic acids is 2. The van der Waals surface area contributed by atoms with Crippen molar-refractivity contribution in [3.63, 3.8) is 0 Å². The van der Waals surface area contributed by atoms with Crippen LogP contribution in [0.2, 0.25) is 5.02 Å². The van der Waals surface area contributed by atoms with Crippen molar-refractivity contribution in [1.82, 2.24) is 5.32 Å². The highest BCUT2D eigenvalue weighted by atomic mass is 35.5. The van der Waals surface area contributed by atoms with Gasteiger partial charge in [-0.3, -0.25) is 10.1 Å². The van der Waals surface area contributed by atoms with Crippen LogP contribution >= 0.6 is 35.2 Å². The van der Waals surface area contributed by atoms with Gasteiger partial charge in [0.2, 0.25) is 0 Å². The molecular formula is C14H11ClN2O3S2. The molecule has 0 spiro atoms. The molecule has 1 aromatic carbocycles. The second kappa shape index (κ2) is 7.35. The van der Waals surface area contributed by atoms with Crippen LogP contribution in [0.3, 0.4) is 0 Å². The molecule has 2 rings (SSSR count). The number of halogens is 1. The molecule has 2 N–H and O–H groups in total. The van der Waals surface area contributed by atoms with Crippen LogP contribution in [0.15, 0.2) is 35.7 Å². The fourth-order valence-corrected chi connectivity index (χ4v) is 2.63. The van der Waals surface area contributed by atoms with E-state index in [1.54, 1.807) is 29.6 Å². The van der Waals surface area contributed by atoms with E-state index in [2.05, 4.69) is 15.4 Å². The Morgan fingerprint density at radius 2 is 2.09 bits per heavy atom. The van der Waals surface area contributed by atoms with Crippen LogP contribution in [-0.4, -0.2) is 24.1 Å². The van der Waals surface area contributed by atoms with E-state index in [9.17, 15) is 9.59 Å². The Bertz CT molecular complexity index is 717. The zero-order valence-electron chi connectivity index (χ0n) is 11.4. The molecule has 0 aliphatic carbocycles. The van der Waals surface area contributed by atoms with Crippen molar-refractivity contribution in [2.45, 2.75) is 0 Å². The molecule has 1 amide bonds. The number of thiophene rings is 1. The Kier molecular flexibility index (Phi) is 5.48. The number of benzene rings is 1. The summed E-state index contributed by atoms with van der Waals surface area (Å²) in [5, 5.41) is 7.56. The predicted octanol–water partition coefficient (Wildman–Crippen LogP) is 3.31. The number of nitrogens with one attached hydrogen (secondary N) is 2. The number of hydrogen-bond acceptors (Lipinski definition) is 5. The minimum Gasteiger partial charge on any atom is -0.465 e. The van der Waals surface area contributed by atoms with E-state index in [0.717, 1.165) is 0 Å². The number of amides is 1. The number of carbonyl (C=O) groups is 2. The Labute approximate surface area is 141 Å². The van der Waals surface area contributed by atoms with Gasteiger partial charge in [-0.25, -0.2) is 4.79 Å². The summed E-state index contributed by atoms with van der Waals surface area (Å²) in [6, 6.07) is 8.15. The first-order chi connectivity index (χ1) is 10.5. The topological polar surface area (TPSA) is 67.4 Å². The molecule has 2 aromatic rings. The highest BCUT2D eigenvalue weighted by Gasteiger charge is 2.13. The lowest BCUT2D eigenvalue weighted by atomic mass is 10.2. The van der Waals surface area contributed by atoms with E-state index < -0.39 is 5.97 Å². The molecular weight excluding hydrogens is 344 g/mol. The summed E-state index contributed by atoms with van der Waals surface area (Å²) in [4.78, 5) is 24.0. The first-order valence-electron chi connectivity index (χ1n) is 6.05. The minimum atomic E-state index is -0.554. The van der Waals surface area contributed by atoms with Gasteiger partial charge in [0.1, 0.15) is 0 Å². The first kappa shape index (κ1) is 16.4. The van der Waals surface area contributed by atoms with Crippen molar-refractivity contribution in [1.29, 1.82) is 0 Å². The van der Waals surface area contributed by atoms with Crippen LogP contribution in [-0.2, 0) is 4.74 Å². The van der Waals surface area contributed by atoms with Gasteiger partial charge in [0.15, 0.2) is 5.11 Å². The highest BCUT2D eigenvalue weighted by Crippen LogP contribution is 2.21. The quantitative estimate of drug-likeness (QED) is 0.653. The maximum Gasteiger partial charge on any atom is 0.339 e. The first-order valence-corrected chi connectivity index (χ1v) is 7.71. The van der Waals surface area contributed by atoms with Crippen LogP contribution in [0.25, 0.3) is 0 Å². The molecule has 1 heterocycles. The fraction of sp³-hybridized carbons (Fsp3) is 0.0714. The van der Waals surface area contributed by atoms with E-state index in [0.29, 0.717) is 10.6 Å². The third-order valence-electron chi connectivity index (χ3n) is 2.60. The summed E-state index contributed by atoms with van der Waals surface area (Å²) in [6.45, 7) is 0. The molecule has 1 aromatic heterocycles. The van der Waals surface area contributed by atoms with Gasteiger partial charge in [-0.2, -0.15) is 0 Å². The Hall–Kier alpha value is -1.96. The largest absolute Gasteiger partial charge is 0.465 e. The summed E-state index contributed by atoms with van der Waals surface area (Å²) in [5.41, 5.74) is 0.725. The summed E-state index contributed by atoms with van der Waals surface area (Å²) >= 11 is 12.3. The Balaban J connectivity index is 2.05. The average Bonchev–Trinajstić information content (AvgIpc) is 3.02. The molecule has 0 saturated carbocycles. The molecule has 22 heavy (non-hydrogen) atoms. The van der Waals surface area contributed by atoms with Crippen LogP contribution in [0.4, 0.5) is 5.69 Å². The minimum absolute atomic E-state index is 0.122. The van der Waals surface area contributed by atoms with Crippen LogP contribution in [0.1, 0.15) is 20.0 Å². The van der Waals surface area contributed by atoms with E-state index >= 15 is 0 Å². The van der Waals surface area contributed by atoms with Crippen molar-refractivity contribution in [3.8, 4) is 0 Å². The molecule has 8 heteroatoms. The third-order valence-corrected chi connectivity index (χ3v) is 4.00. The lowest BCUT2D eigenvalue weighted by Gasteiger charge is -2.10. The molecule has 0 atom stereocenters. The van der Waals surface area contributed by atoms with E-state index in [1.165, 1.54) is 24.5 Å². The lowest BCUT2D eigenvalue weighted by molar-refractivity contribution is 0.0601. The van der Waals surface area contributed by atoms with Crippen molar-refractivity contribution >= 4 is 57.8 Å². The van der Waals surface area contributed by atoms with Crippen LogP contribution in [0, 0.1) is 0 Å². The van der Waals surface area contributed by atoms with Gasteiger partial charge < -0.3 is 10.1 Å². The standard InChI is InChI=1S/C14H11ClN2O3S2/c1-20-13(19)9-7-8(4-5-10(9)15)16-14(21)17-12(18)11-3-2-6-22-11/h2-7H,1H3,(H2,16,17,18,21). The summed E-state index contributed by atoms with van der Waals surface area (Å²) in [5.74, 6) is -0.850. The van der Waals surface area contributed by atoms with Gasteiger partial charge in [0, 0.05) is 5.69 Å². The van der Waals surface area contributed by atoms with Crippen molar-refractivity contribution < 1.29 is 14.3 Å². The van der Waals surface area contributed by atoms with E-state index in [-0.39, 0.29) is 21.6 Å². The van der Waals surface area contributed by atoms with Crippen molar-refractivity contribution in [3.05, 3.63) is 51.2 Å². The number of ether oxygens (including phenoxy) is 1. The SMILES string of the molecule is COC(=O)c1cc(NC(=S)NC(=O)c2cccs2)ccc1Cl. The molecule has 0 aliphatic heterocycles. The number of esters is 1. The number of thiocarbonyl (C=S) groups is 1. The normalized spacial score (nSPS) is 9.91. The molecule has 0 aliphatic rings. The fourth-order valence-electron chi connectivity index (χ4n) is 1.60. The van der Waals surface area contributed by atoms with Gasteiger partial charge >= 0.3 is 5.97 Å². The maximum atomic E-state index is 11.9. The summed E-state index contributed by atoms with van der Waals surface area (Å²) < 4.78 is 4.64. The van der Waals surface area contributed by atoms with E-state index in [1.807, 2.05) is 0 Å². The number of rotatable bonds is 3. The number of hydrogen-bond donors (Lipinski definition) is 2. The molecule has 0 unspecified atom stereocenters. The van der Waals surface area contributed by atoms with Crippen molar-refractivity contribution in [2.75, 3.05) is 12.4 Å². The van der Waals surface area contributed by atoms with Crippen LogP contribution < -0.4 is 10.6 Å². The molecule has 0 saturated heterocycles. The van der Waals surface area contributed by atoms with Gasteiger partial charge in [-0.1, -0.05) is 17.7 Å². The average molecular weight is 355 g/mol. The second-order valence-electron chi connectivity index (χ2n) is 4.07. The van der Waals surface area contributed by atoms with Gasteiger partial charge in [-0.05, 0) is 41.9 Å². The van der Waals surface area contributed by atoms with E-state index in [4.69, 9.17) is 23.8 Å². The molecule has 114 valence electrons. The second-order valence-corrected chi connectivity index (χ2v) is 5.83. The molecule has 0 bridgehead atoms. The molecule has 5 nitrogen and oxygen atoms in total. The maximum absolute atomic E-state index is 11.9. The van der Waals surface area contributed by atoms with Gasteiger partial charge in [0.05, 0.1) is 22.6 Å². The number of methoxy groups -OCH3 is 1. The zero-order valence-corrected chi connectivity index (χ0v) is 13.8. The zero-order chi connectivity index (χ0) is 16.1. The Morgan fingerprint density at radius 1 is 1.32 bits per heavy atom. The summed E-state index contributed by atoms with van der Waals surface area (Å²) in [6.07, 6.45) is 0. The van der Waals surface area contributed by atoms with Gasteiger partial charge in [-0.15, -0.1) is 11.3 Å². The highest BCUT2D eigenvalue weighted by molar-refractivity contribution is 7.80. The predicted molar refractivity (Wildman–Crippen MR) is 90.8 cm³/mol. The summed E-state index contributed by atoms with van der Waals surface area (Å²) in [7, 11) is 1.27. The monoisotopic (exact) mass is 354 g/mol. The smallest absolute Gasteiger partial charge is 0.339 e. The van der Waals surface area contributed by atoms with Crippen molar-refractivity contribution in [2.24, 2.45) is 0 Å². The number of anilines is 1. The third kappa shape index (κ3) is 4.03. The molecule has 0 fully saturated rings. The van der Waals surface area contributed by atoms with Gasteiger partial charge in [0.25, 0.3) is 5.91 Å². The lowest BCUT2D eigenvalue weighted by Crippen LogP contribution is -2.33. The van der Waals surface area contributed by atoms with Crippen LogP contribution in [0.5, 0.6) is 0 Å². The Morgan fingerprint density at radius 3 is 2.73 bits per heavy atom. The molecule has 0 radical (unpaired) electrons.